The average molecular weight is 381 g/mol. The smallest absolute Gasteiger partial charge is 0.374 e. The summed E-state index contributed by atoms with van der Waals surface area (Å²) in [6, 6.07) is 6.82. The van der Waals surface area contributed by atoms with Crippen molar-refractivity contribution in [3.05, 3.63) is 63.2 Å². The van der Waals surface area contributed by atoms with Crippen molar-refractivity contribution in [3.63, 3.8) is 0 Å². The van der Waals surface area contributed by atoms with Crippen molar-refractivity contribution in [2.75, 3.05) is 10.6 Å². The molecule has 2 rings (SSSR count). The van der Waals surface area contributed by atoms with Gasteiger partial charge in [0.05, 0.1) is 16.2 Å². The van der Waals surface area contributed by atoms with E-state index in [2.05, 4.69) is 10.6 Å². The molecule has 0 unspecified atom stereocenters. The van der Waals surface area contributed by atoms with Gasteiger partial charge in [-0.25, -0.2) is 0 Å². The van der Waals surface area contributed by atoms with Gasteiger partial charge in [-0.1, -0.05) is 12.1 Å². The third kappa shape index (κ3) is 4.75. The molecule has 0 spiro atoms. The number of nitrogens with zero attached hydrogens (tertiary/aromatic N) is 1. The van der Waals surface area contributed by atoms with Crippen molar-refractivity contribution in [2.24, 2.45) is 0 Å². The Morgan fingerprint density at radius 2 is 1.81 bits per heavy atom. The minimum absolute atomic E-state index is 0.401. The van der Waals surface area contributed by atoms with E-state index in [0.717, 1.165) is 23.3 Å². The molecule has 9 heteroatoms. The number of nitro benzene ring substituents is 1. The number of hydrogen-bond acceptors (Lipinski definition) is 4. The summed E-state index contributed by atoms with van der Waals surface area (Å²) in [6.07, 6.45) is -4.85. The predicted molar refractivity (Wildman–Crippen MR) is 95.7 cm³/mol. The summed E-state index contributed by atoms with van der Waals surface area (Å²) >= 11 is 0. The molecule has 6 nitrogen and oxygen atoms in total. The van der Waals surface area contributed by atoms with Gasteiger partial charge in [0.15, 0.2) is 0 Å². The van der Waals surface area contributed by atoms with Crippen molar-refractivity contribution in [1.29, 1.82) is 0 Å². The second-order valence-electron chi connectivity index (χ2n) is 6.09. The standard InChI is InChI=1S/C18H18F3N3O3/c1-10-5-4-6-15(11(10)2)22-12(3)17(25)23-16-8-7-13(24(26)27)9-14(16)18(19,20)21/h4-9,12,22H,1-3H3,(H,23,25)/t12-/m0/s1. The largest absolute Gasteiger partial charge is 0.418 e. The van der Waals surface area contributed by atoms with E-state index in [-0.39, 0.29) is 0 Å². The Morgan fingerprint density at radius 3 is 2.41 bits per heavy atom. The summed E-state index contributed by atoms with van der Waals surface area (Å²) in [5, 5.41) is 15.9. The van der Waals surface area contributed by atoms with Crippen LogP contribution in [0.1, 0.15) is 23.6 Å². The van der Waals surface area contributed by atoms with Crippen LogP contribution in [0.15, 0.2) is 36.4 Å². The van der Waals surface area contributed by atoms with E-state index < -0.39 is 40.0 Å². The molecule has 0 aliphatic heterocycles. The summed E-state index contributed by atoms with van der Waals surface area (Å²) in [4.78, 5) is 22.1. The Hall–Kier alpha value is -3.10. The summed E-state index contributed by atoms with van der Waals surface area (Å²) in [5.74, 6) is -0.699. The minimum atomic E-state index is -4.85. The first-order chi connectivity index (χ1) is 12.5. The van der Waals surface area contributed by atoms with E-state index >= 15 is 0 Å². The number of nitro groups is 1. The maximum atomic E-state index is 13.2. The molecule has 0 bridgehead atoms. The van der Waals surface area contributed by atoms with Crippen LogP contribution in [0.3, 0.4) is 0 Å². The van der Waals surface area contributed by atoms with E-state index in [1.807, 2.05) is 19.9 Å². The molecule has 1 atom stereocenters. The third-order valence-electron chi connectivity index (χ3n) is 4.15. The number of nitrogens with one attached hydrogen (secondary N) is 2. The highest BCUT2D eigenvalue weighted by Crippen LogP contribution is 2.37. The zero-order valence-electron chi connectivity index (χ0n) is 14.8. The van der Waals surface area contributed by atoms with Gasteiger partial charge in [-0.05, 0) is 44.0 Å². The quantitative estimate of drug-likeness (QED) is 0.582. The lowest BCUT2D eigenvalue weighted by Gasteiger charge is -2.19. The molecular weight excluding hydrogens is 363 g/mol. The fourth-order valence-corrected chi connectivity index (χ4v) is 2.44. The monoisotopic (exact) mass is 381 g/mol. The number of alkyl halides is 3. The van der Waals surface area contributed by atoms with Crippen LogP contribution in [0.4, 0.5) is 30.2 Å². The molecule has 0 saturated carbocycles. The fourth-order valence-electron chi connectivity index (χ4n) is 2.44. The molecule has 0 aromatic heterocycles. The molecule has 144 valence electrons. The zero-order valence-corrected chi connectivity index (χ0v) is 14.8. The van der Waals surface area contributed by atoms with Crippen LogP contribution in [0, 0.1) is 24.0 Å². The van der Waals surface area contributed by atoms with Gasteiger partial charge in [0, 0.05) is 17.8 Å². The number of carbonyl (C=O) groups excluding carboxylic acids is 1. The first-order valence-corrected chi connectivity index (χ1v) is 8.00. The van der Waals surface area contributed by atoms with Crippen LogP contribution in [-0.4, -0.2) is 16.9 Å². The van der Waals surface area contributed by atoms with E-state index in [9.17, 15) is 28.1 Å². The maximum absolute atomic E-state index is 13.2. The van der Waals surface area contributed by atoms with Crippen molar-refractivity contribution in [3.8, 4) is 0 Å². The van der Waals surface area contributed by atoms with Crippen LogP contribution < -0.4 is 10.6 Å². The second kappa shape index (κ2) is 7.65. The molecule has 0 aliphatic rings. The summed E-state index contributed by atoms with van der Waals surface area (Å²) in [6.45, 7) is 5.27. The first kappa shape index (κ1) is 20.2. The molecule has 2 aromatic carbocycles. The number of benzene rings is 2. The average Bonchev–Trinajstić information content (AvgIpc) is 2.58. The molecule has 1 amide bonds. The number of amides is 1. The van der Waals surface area contributed by atoms with E-state index in [4.69, 9.17) is 0 Å². The van der Waals surface area contributed by atoms with Crippen LogP contribution in [0.25, 0.3) is 0 Å². The molecule has 0 fully saturated rings. The fraction of sp³-hybridized carbons (Fsp3) is 0.278. The van der Waals surface area contributed by atoms with Crippen LogP contribution in [-0.2, 0) is 11.0 Å². The van der Waals surface area contributed by atoms with Gasteiger partial charge in [-0.2, -0.15) is 13.2 Å². The highest BCUT2D eigenvalue weighted by molar-refractivity contribution is 5.97. The Labute approximate surface area is 153 Å². The van der Waals surface area contributed by atoms with Gasteiger partial charge >= 0.3 is 6.18 Å². The SMILES string of the molecule is Cc1cccc(N[C@@H](C)C(=O)Nc2ccc([N+](=O)[O-])cc2C(F)(F)F)c1C. The molecule has 0 saturated heterocycles. The number of anilines is 2. The molecule has 27 heavy (non-hydrogen) atoms. The van der Waals surface area contributed by atoms with E-state index in [0.29, 0.717) is 11.8 Å². The third-order valence-corrected chi connectivity index (χ3v) is 4.15. The Morgan fingerprint density at radius 1 is 1.15 bits per heavy atom. The van der Waals surface area contributed by atoms with Crippen LogP contribution >= 0.6 is 0 Å². The summed E-state index contributed by atoms with van der Waals surface area (Å²) in [7, 11) is 0. The Bertz CT molecular complexity index is 882. The minimum Gasteiger partial charge on any atom is -0.374 e. The van der Waals surface area contributed by atoms with Crippen LogP contribution in [0.5, 0.6) is 0 Å². The van der Waals surface area contributed by atoms with Gasteiger partial charge in [0.25, 0.3) is 5.69 Å². The number of halogens is 3. The lowest BCUT2D eigenvalue weighted by molar-refractivity contribution is -0.385. The van der Waals surface area contributed by atoms with Gasteiger partial charge in [-0.15, -0.1) is 0 Å². The molecular formula is C18H18F3N3O3. The lowest BCUT2D eigenvalue weighted by Crippen LogP contribution is -2.32. The zero-order chi connectivity index (χ0) is 20.4. The number of rotatable bonds is 5. The van der Waals surface area contributed by atoms with Gasteiger partial charge in [0.2, 0.25) is 5.91 Å². The summed E-state index contributed by atoms with van der Waals surface area (Å²) < 4.78 is 39.6. The molecule has 2 N–H and O–H groups in total. The van der Waals surface area contributed by atoms with Gasteiger partial charge < -0.3 is 10.6 Å². The van der Waals surface area contributed by atoms with Crippen molar-refractivity contribution >= 4 is 23.0 Å². The van der Waals surface area contributed by atoms with Crippen molar-refractivity contribution < 1.29 is 22.9 Å². The topological polar surface area (TPSA) is 84.3 Å². The molecule has 0 aliphatic carbocycles. The Balaban J connectivity index is 2.24. The number of non-ortho nitro benzene ring substituents is 1. The molecule has 0 heterocycles. The first-order valence-electron chi connectivity index (χ1n) is 8.00. The van der Waals surface area contributed by atoms with Crippen molar-refractivity contribution in [1.82, 2.24) is 0 Å². The number of carbonyl (C=O) groups is 1. The molecule has 2 aromatic rings. The van der Waals surface area contributed by atoms with E-state index in [1.54, 1.807) is 12.1 Å². The predicted octanol–water partition coefficient (Wildman–Crippen LogP) is 4.67. The number of aryl methyl sites for hydroxylation is 1. The highest BCUT2D eigenvalue weighted by Gasteiger charge is 2.36. The van der Waals surface area contributed by atoms with Gasteiger partial charge in [-0.3, -0.25) is 14.9 Å². The van der Waals surface area contributed by atoms with Gasteiger partial charge in [0.1, 0.15) is 6.04 Å². The Kier molecular flexibility index (Phi) is 5.72. The molecule has 0 radical (unpaired) electrons. The summed E-state index contributed by atoms with van der Waals surface area (Å²) in [5.41, 5.74) is 0.0989. The number of hydrogen-bond donors (Lipinski definition) is 2. The highest BCUT2D eigenvalue weighted by atomic mass is 19.4. The van der Waals surface area contributed by atoms with E-state index in [1.165, 1.54) is 6.92 Å². The normalized spacial score (nSPS) is 12.4. The lowest BCUT2D eigenvalue weighted by atomic mass is 10.1. The van der Waals surface area contributed by atoms with Crippen molar-refractivity contribution in [2.45, 2.75) is 33.0 Å². The second-order valence-corrected chi connectivity index (χ2v) is 6.09. The van der Waals surface area contributed by atoms with Crippen LogP contribution in [0.2, 0.25) is 0 Å². The maximum Gasteiger partial charge on any atom is 0.418 e.